The number of Topliss-reactive ketones (excluding diaryl/α,β-unsaturated/α-hetero) is 1. The second kappa shape index (κ2) is 7.32. The fraction of sp³-hybridized carbons (Fsp3) is 0.438. The summed E-state index contributed by atoms with van der Waals surface area (Å²) in [6, 6.07) is 1.64. The van der Waals surface area contributed by atoms with Gasteiger partial charge in [-0.15, -0.1) is 0 Å². The third-order valence-corrected chi connectivity index (χ3v) is 4.54. The predicted octanol–water partition coefficient (Wildman–Crippen LogP) is 4.24. The van der Waals surface area contributed by atoms with Gasteiger partial charge in [-0.3, -0.25) is 9.69 Å². The van der Waals surface area contributed by atoms with E-state index < -0.39 is 11.9 Å². The molecule has 2 rings (SSSR count). The highest BCUT2D eigenvalue weighted by atomic mass is 35.5. The lowest BCUT2D eigenvalue weighted by molar-refractivity contribution is -0.107. The number of benzene rings is 1. The lowest BCUT2D eigenvalue weighted by atomic mass is 10.00. The minimum Gasteiger partial charge on any atom is -0.449 e. The zero-order valence-electron chi connectivity index (χ0n) is 12.9. The molecule has 0 N–H and O–H groups in total. The van der Waals surface area contributed by atoms with Gasteiger partial charge in [0.1, 0.15) is 6.29 Å². The van der Waals surface area contributed by atoms with Crippen LogP contribution in [0.4, 0.5) is 10.5 Å². The molecular weight excluding hydrogens is 341 g/mol. The fourth-order valence-electron chi connectivity index (χ4n) is 2.37. The molecule has 0 heterocycles. The second-order valence-corrected chi connectivity index (χ2v) is 6.07. The Balaban J connectivity index is 2.57. The van der Waals surface area contributed by atoms with Crippen molar-refractivity contribution in [1.29, 1.82) is 0 Å². The van der Waals surface area contributed by atoms with Crippen LogP contribution in [0.1, 0.15) is 48.0 Å². The van der Waals surface area contributed by atoms with Crippen LogP contribution in [0.5, 0.6) is 0 Å². The minimum absolute atomic E-state index is 0.126. The molecule has 1 aromatic rings. The van der Waals surface area contributed by atoms with Gasteiger partial charge in [-0.1, -0.05) is 23.2 Å². The maximum absolute atomic E-state index is 12.3. The third kappa shape index (κ3) is 3.67. The van der Waals surface area contributed by atoms with Crippen LogP contribution in [-0.4, -0.2) is 31.8 Å². The fourth-order valence-corrected chi connectivity index (χ4v) is 3.00. The van der Waals surface area contributed by atoms with Crippen LogP contribution >= 0.6 is 23.2 Å². The molecule has 0 aliphatic heterocycles. The summed E-state index contributed by atoms with van der Waals surface area (Å²) in [5, 5.41) is 0.462. The average Bonchev–Trinajstić information content (AvgIpc) is 3.34. The standard InChI is InChI=1S/C16H17Cl2NO4/c1-3-23-16(22)19(2)15-11(12(21)6-7-20)8-10(9-4-5-9)13(17)14(15)18/h7-9H,3-6H2,1-2H3. The van der Waals surface area contributed by atoms with Crippen molar-refractivity contribution in [2.24, 2.45) is 0 Å². The predicted molar refractivity (Wildman–Crippen MR) is 88.9 cm³/mol. The van der Waals surface area contributed by atoms with Gasteiger partial charge in [0.2, 0.25) is 0 Å². The Morgan fingerprint density at radius 3 is 2.52 bits per heavy atom. The molecule has 1 aliphatic rings. The van der Waals surface area contributed by atoms with Crippen LogP contribution in [0.25, 0.3) is 0 Å². The molecule has 0 radical (unpaired) electrons. The van der Waals surface area contributed by atoms with E-state index in [1.807, 2.05) is 0 Å². The molecule has 23 heavy (non-hydrogen) atoms. The summed E-state index contributed by atoms with van der Waals surface area (Å²) in [7, 11) is 1.45. The smallest absolute Gasteiger partial charge is 0.414 e. The van der Waals surface area contributed by atoms with Crippen LogP contribution in [-0.2, 0) is 9.53 Å². The molecule has 1 saturated carbocycles. The monoisotopic (exact) mass is 357 g/mol. The zero-order chi connectivity index (χ0) is 17.1. The lowest BCUT2D eigenvalue weighted by Crippen LogP contribution is -2.29. The van der Waals surface area contributed by atoms with Crippen LogP contribution in [0.2, 0.25) is 10.0 Å². The topological polar surface area (TPSA) is 63.7 Å². The molecule has 0 spiro atoms. The second-order valence-electron chi connectivity index (χ2n) is 5.32. The first-order valence-electron chi connectivity index (χ1n) is 7.31. The van der Waals surface area contributed by atoms with Gasteiger partial charge >= 0.3 is 6.09 Å². The maximum atomic E-state index is 12.3. The first kappa shape index (κ1) is 17.8. The molecule has 0 unspecified atom stereocenters. The number of carbonyl (C=O) groups excluding carboxylic acids is 3. The number of hydrogen-bond acceptors (Lipinski definition) is 4. The normalized spacial score (nSPS) is 13.6. The number of rotatable bonds is 6. The molecule has 124 valence electrons. The highest BCUT2D eigenvalue weighted by molar-refractivity contribution is 6.45. The van der Waals surface area contributed by atoms with Crippen LogP contribution in [0.15, 0.2) is 6.07 Å². The van der Waals surface area contributed by atoms with Crippen molar-refractivity contribution >= 4 is 47.1 Å². The van der Waals surface area contributed by atoms with E-state index in [-0.39, 0.29) is 35.2 Å². The van der Waals surface area contributed by atoms with E-state index in [9.17, 15) is 14.4 Å². The van der Waals surface area contributed by atoms with Gasteiger partial charge in [-0.25, -0.2) is 4.79 Å². The van der Waals surface area contributed by atoms with Gasteiger partial charge < -0.3 is 9.53 Å². The van der Waals surface area contributed by atoms with E-state index in [0.717, 1.165) is 23.3 Å². The van der Waals surface area contributed by atoms with Crippen LogP contribution < -0.4 is 4.90 Å². The third-order valence-electron chi connectivity index (χ3n) is 3.67. The molecule has 5 nitrogen and oxygen atoms in total. The van der Waals surface area contributed by atoms with Gasteiger partial charge in [-0.2, -0.15) is 0 Å². The van der Waals surface area contributed by atoms with Crippen molar-refractivity contribution in [2.45, 2.75) is 32.1 Å². The van der Waals surface area contributed by atoms with Gasteiger partial charge in [0, 0.05) is 12.6 Å². The number of anilines is 1. The zero-order valence-corrected chi connectivity index (χ0v) is 14.4. The molecular formula is C16H17Cl2NO4. The van der Waals surface area contributed by atoms with Crippen LogP contribution in [0.3, 0.4) is 0 Å². The molecule has 0 saturated heterocycles. The van der Waals surface area contributed by atoms with Crippen LogP contribution in [0, 0.1) is 0 Å². The summed E-state index contributed by atoms with van der Waals surface area (Å²) in [6.07, 6.45) is 1.54. The number of aldehydes is 1. The molecule has 7 heteroatoms. The molecule has 0 bridgehead atoms. The number of amides is 1. The summed E-state index contributed by atoms with van der Waals surface area (Å²) < 4.78 is 4.94. The van der Waals surface area contributed by atoms with Crippen molar-refractivity contribution in [1.82, 2.24) is 0 Å². The Kier molecular flexibility index (Phi) is 5.65. The summed E-state index contributed by atoms with van der Waals surface area (Å²) >= 11 is 12.7. The summed E-state index contributed by atoms with van der Waals surface area (Å²) in [5.41, 5.74) is 1.17. The van der Waals surface area contributed by atoms with E-state index in [1.165, 1.54) is 7.05 Å². The minimum atomic E-state index is -0.648. The van der Waals surface area contributed by atoms with Crippen molar-refractivity contribution < 1.29 is 19.1 Å². The van der Waals surface area contributed by atoms with Gasteiger partial charge in [0.25, 0.3) is 0 Å². The van der Waals surface area contributed by atoms with Gasteiger partial charge in [0.15, 0.2) is 5.78 Å². The van der Waals surface area contributed by atoms with Gasteiger partial charge in [0.05, 0.1) is 28.8 Å². The molecule has 1 aliphatic carbocycles. The first-order chi connectivity index (χ1) is 10.9. The summed E-state index contributed by atoms with van der Waals surface area (Å²) in [4.78, 5) is 36.1. The largest absolute Gasteiger partial charge is 0.449 e. The number of carbonyl (C=O) groups is 3. The molecule has 1 amide bonds. The van der Waals surface area contributed by atoms with Crippen molar-refractivity contribution in [3.8, 4) is 0 Å². The number of hydrogen-bond donors (Lipinski definition) is 0. The maximum Gasteiger partial charge on any atom is 0.414 e. The Morgan fingerprint density at radius 2 is 2.00 bits per heavy atom. The Morgan fingerprint density at radius 1 is 1.35 bits per heavy atom. The van der Waals surface area contributed by atoms with Crippen molar-refractivity contribution in [2.75, 3.05) is 18.6 Å². The van der Waals surface area contributed by atoms with E-state index in [2.05, 4.69) is 0 Å². The highest BCUT2D eigenvalue weighted by Crippen LogP contribution is 2.48. The van der Waals surface area contributed by atoms with Crippen molar-refractivity contribution in [3.05, 3.63) is 27.2 Å². The van der Waals surface area contributed by atoms with Crippen molar-refractivity contribution in [3.63, 3.8) is 0 Å². The lowest BCUT2D eigenvalue weighted by Gasteiger charge is -2.22. The van der Waals surface area contributed by atoms with E-state index in [0.29, 0.717) is 11.3 Å². The molecule has 1 aromatic carbocycles. The van der Waals surface area contributed by atoms with E-state index >= 15 is 0 Å². The Hall–Kier alpha value is -1.59. The Labute approximate surface area is 144 Å². The molecule has 0 aromatic heterocycles. The number of ether oxygens (including phenoxy) is 1. The quantitative estimate of drug-likeness (QED) is 0.434. The first-order valence-corrected chi connectivity index (χ1v) is 8.07. The Bertz CT molecular complexity index is 656. The summed E-state index contributed by atoms with van der Waals surface area (Å²) in [5.74, 6) is -0.142. The number of ketones is 1. The highest BCUT2D eigenvalue weighted by Gasteiger charge is 2.32. The van der Waals surface area contributed by atoms with E-state index in [1.54, 1.807) is 13.0 Å². The number of halogens is 2. The SMILES string of the molecule is CCOC(=O)N(C)c1c(C(=O)CC=O)cc(C2CC2)c(Cl)c1Cl. The van der Waals surface area contributed by atoms with Gasteiger partial charge in [-0.05, 0) is 37.3 Å². The average molecular weight is 358 g/mol. The molecule has 1 fully saturated rings. The number of nitrogens with zero attached hydrogens (tertiary/aromatic N) is 1. The molecule has 0 atom stereocenters. The van der Waals surface area contributed by atoms with E-state index in [4.69, 9.17) is 27.9 Å². The summed E-state index contributed by atoms with van der Waals surface area (Å²) in [6.45, 7) is 1.86.